The standard InChI is InChI=1S/C17H25N3O4/c1-10(2)15(17(22)23)19-16(21)13-5-6-14(18-7-13)20-8-11(3)24-12(4)9-20/h5-7,10-12,15H,8-9H2,1-4H3,(H,19,21)(H,22,23)/t11?,12?,15-/m1/s1. The number of rotatable bonds is 5. The fourth-order valence-corrected chi connectivity index (χ4v) is 2.81. The molecule has 1 aromatic heterocycles. The molecule has 7 heteroatoms. The van der Waals surface area contributed by atoms with E-state index in [-0.39, 0.29) is 18.1 Å². The molecule has 3 atom stereocenters. The molecule has 1 saturated heterocycles. The van der Waals surface area contributed by atoms with Gasteiger partial charge in [-0.3, -0.25) is 4.79 Å². The SMILES string of the molecule is CC1CN(c2ccc(C(=O)N[C@@H](C(=O)O)C(C)C)cn2)CC(C)O1. The van der Waals surface area contributed by atoms with Crippen molar-refractivity contribution in [2.24, 2.45) is 5.92 Å². The van der Waals surface area contributed by atoms with E-state index in [4.69, 9.17) is 9.84 Å². The van der Waals surface area contributed by atoms with Gasteiger partial charge in [0.1, 0.15) is 11.9 Å². The number of morpholine rings is 1. The zero-order valence-electron chi connectivity index (χ0n) is 14.5. The Balaban J connectivity index is 2.06. The maximum atomic E-state index is 12.2. The number of nitrogens with zero attached hydrogens (tertiary/aromatic N) is 2. The van der Waals surface area contributed by atoms with Crippen LogP contribution in [0.4, 0.5) is 5.82 Å². The number of hydrogen-bond donors (Lipinski definition) is 2. The van der Waals surface area contributed by atoms with Crippen LogP contribution in [0.5, 0.6) is 0 Å². The summed E-state index contributed by atoms with van der Waals surface area (Å²) in [6.45, 7) is 9.03. The van der Waals surface area contributed by atoms with Gasteiger partial charge < -0.3 is 20.1 Å². The van der Waals surface area contributed by atoms with Crippen LogP contribution in [0.15, 0.2) is 18.3 Å². The number of hydrogen-bond acceptors (Lipinski definition) is 5. The highest BCUT2D eigenvalue weighted by Gasteiger charge is 2.25. The second kappa shape index (κ2) is 7.61. The van der Waals surface area contributed by atoms with Gasteiger partial charge in [0, 0.05) is 19.3 Å². The van der Waals surface area contributed by atoms with Crippen molar-refractivity contribution < 1.29 is 19.4 Å². The van der Waals surface area contributed by atoms with Crippen LogP contribution < -0.4 is 10.2 Å². The Morgan fingerprint density at radius 3 is 2.38 bits per heavy atom. The number of carboxylic acids is 1. The average Bonchev–Trinajstić information content (AvgIpc) is 2.51. The number of ether oxygens (including phenoxy) is 1. The summed E-state index contributed by atoms with van der Waals surface area (Å²) in [5, 5.41) is 11.7. The minimum atomic E-state index is -1.04. The van der Waals surface area contributed by atoms with Crippen LogP contribution in [0, 0.1) is 5.92 Å². The molecule has 1 fully saturated rings. The zero-order chi connectivity index (χ0) is 17.9. The van der Waals surface area contributed by atoms with Gasteiger partial charge in [0.2, 0.25) is 0 Å². The lowest BCUT2D eigenvalue weighted by atomic mass is 10.0. The zero-order valence-corrected chi connectivity index (χ0v) is 14.5. The van der Waals surface area contributed by atoms with E-state index in [0.717, 1.165) is 18.9 Å². The van der Waals surface area contributed by atoms with Gasteiger partial charge in [-0.15, -0.1) is 0 Å². The molecule has 0 bridgehead atoms. The van der Waals surface area contributed by atoms with Gasteiger partial charge in [0.25, 0.3) is 5.91 Å². The van der Waals surface area contributed by atoms with E-state index in [1.54, 1.807) is 26.0 Å². The Morgan fingerprint density at radius 2 is 1.92 bits per heavy atom. The fourth-order valence-electron chi connectivity index (χ4n) is 2.81. The molecule has 132 valence electrons. The molecule has 0 radical (unpaired) electrons. The normalized spacial score (nSPS) is 22.3. The Bertz CT molecular complexity index is 578. The number of carboxylic acid groups (broad SMARTS) is 1. The first-order valence-electron chi connectivity index (χ1n) is 8.18. The summed E-state index contributed by atoms with van der Waals surface area (Å²) in [6.07, 6.45) is 1.73. The third-order valence-electron chi connectivity index (χ3n) is 3.97. The van der Waals surface area contributed by atoms with Crippen LogP contribution in [0.3, 0.4) is 0 Å². The summed E-state index contributed by atoms with van der Waals surface area (Å²) >= 11 is 0. The van der Waals surface area contributed by atoms with Crippen LogP contribution in [-0.4, -0.2) is 53.3 Å². The van der Waals surface area contributed by atoms with E-state index in [1.807, 2.05) is 13.8 Å². The molecule has 2 unspecified atom stereocenters. The van der Waals surface area contributed by atoms with Crippen LogP contribution >= 0.6 is 0 Å². The predicted molar refractivity (Wildman–Crippen MR) is 90.2 cm³/mol. The first-order valence-corrected chi connectivity index (χ1v) is 8.18. The van der Waals surface area contributed by atoms with Gasteiger partial charge in [-0.25, -0.2) is 9.78 Å². The Morgan fingerprint density at radius 1 is 1.29 bits per heavy atom. The summed E-state index contributed by atoms with van der Waals surface area (Å²) in [4.78, 5) is 29.9. The van der Waals surface area contributed by atoms with Crippen molar-refractivity contribution in [2.75, 3.05) is 18.0 Å². The third kappa shape index (κ3) is 4.44. The molecule has 1 aliphatic rings. The lowest BCUT2D eigenvalue weighted by Crippen LogP contribution is -2.46. The molecule has 1 amide bonds. The van der Waals surface area contributed by atoms with Crippen LogP contribution in [0.2, 0.25) is 0 Å². The van der Waals surface area contributed by atoms with Crippen molar-refractivity contribution in [2.45, 2.75) is 45.9 Å². The van der Waals surface area contributed by atoms with Crippen LogP contribution in [0.1, 0.15) is 38.1 Å². The van der Waals surface area contributed by atoms with Crippen LogP contribution in [-0.2, 0) is 9.53 Å². The largest absolute Gasteiger partial charge is 0.480 e. The second-order valence-electron chi connectivity index (χ2n) is 6.60. The van der Waals surface area contributed by atoms with Crippen molar-refractivity contribution in [3.05, 3.63) is 23.9 Å². The minimum Gasteiger partial charge on any atom is -0.480 e. The summed E-state index contributed by atoms with van der Waals surface area (Å²) in [6, 6.07) is 2.53. The highest BCUT2D eigenvalue weighted by atomic mass is 16.5. The van der Waals surface area contributed by atoms with Gasteiger partial charge in [-0.1, -0.05) is 13.8 Å². The Hall–Kier alpha value is -2.15. The van der Waals surface area contributed by atoms with Gasteiger partial charge in [-0.05, 0) is 31.9 Å². The van der Waals surface area contributed by atoms with Crippen molar-refractivity contribution >= 4 is 17.7 Å². The van der Waals surface area contributed by atoms with Gasteiger partial charge in [-0.2, -0.15) is 0 Å². The molecule has 0 saturated carbocycles. The molecule has 2 rings (SSSR count). The molecule has 0 aromatic carbocycles. The monoisotopic (exact) mass is 335 g/mol. The molecular weight excluding hydrogens is 310 g/mol. The van der Waals surface area contributed by atoms with E-state index in [9.17, 15) is 9.59 Å². The van der Waals surface area contributed by atoms with Crippen molar-refractivity contribution in [3.63, 3.8) is 0 Å². The number of anilines is 1. The molecule has 2 heterocycles. The summed E-state index contributed by atoms with van der Waals surface area (Å²) in [7, 11) is 0. The van der Waals surface area contributed by atoms with Crippen molar-refractivity contribution in [1.29, 1.82) is 0 Å². The highest BCUT2D eigenvalue weighted by molar-refractivity contribution is 5.96. The maximum Gasteiger partial charge on any atom is 0.326 e. The summed E-state index contributed by atoms with van der Waals surface area (Å²) in [5.41, 5.74) is 0.347. The lowest BCUT2D eigenvalue weighted by Gasteiger charge is -2.36. The van der Waals surface area contributed by atoms with E-state index >= 15 is 0 Å². The number of aliphatic carboxylic acids is 1. The predicted octanol–water partition coefficient (Wildman–Crippen LogP) is 1.53. The van der Waals surface area contributed by atoms with E-state index in [1.165, 1.54) is 6.20 Å². The van der Waals surface area contributed by atoms with E-state index in [0.29, 0.717) is 5.56 Å². The third-order valence-corrected chi connectivity index (χ3v) is 3.97. The lowest BCUT2D eigenvalue weighted by molar-refractivity contribution is -0.140. The average molecular weight is 335 g/mol. The summed E-state index contributed by atoms with van der Waals surface area (Å²) in [5.74, 6) is -0.889. The van der Waals surface area contributed by atoms with E-state index < -0.39 is 17.9 Å². The first kappa shape index (κ1) is 18.2. The molecule has 1 aromatic rings. The first-order chi connectivity index (χ1) is 11.3. The molecule has 0 aliphatic carbocycles. The smallest absolute Gasteiger partial charge is 0.326 e. The number of pyridine rings is 1. The highest BCUT2D eigenvalue weighted by Crippen LogP contribution is 2.18. The minimum absolute atomic E-state index is 0.126. The van der Waals surface area contributed by atoms with Crippen molar-refractivity contribution in [3.8, 4) is 0 Å². The van der Waals surface area contributed by atoms with E-state index in [2.05, 4.69) is 15.2 Å². The second-order valence-corrected chi connectivity index (χ2v) is 6.60. The number of aromatic nitrogens is 1. The van der Waals surface area contributed by atoms with Gasteiger partial charge in [0.15, 0.2) is 0 Å². The molecule has 2 N–H and O–H groups in total. The Kier molecular flexibility index (Phi) is 5.77. The number of carbonyl (C=O) groups is 2. The molecule has 1 aliphatic heterocycles. The molecule has 24 heavy (non-hydrogen) atoms. The molecule has 0 spiro atoms. The number of carbonyl (C=O) groups excluding carboxylic acids is 1. The van der Waals surface area contributed by atoms with Gasteiger partial charge in [0.05, 0.1) is 17.8 Å². The molecular formula is C17H25N3O4. The maximum absolute atomic E-state index is 12.2. The number of nitrogens with one attached hydrogen (secondary N) is 1. The van der Waals surface area contributed by atoms with Crippen molar-refractivity contribution in [1.82, 2.24) is 10.3 Å². The Labute approximate surface area is 142 Å². The quantitative estimate of drug-likeness (QED) is 0.848. The van der Waals surface area contributed by atoms with Crippen LogP contribution in [0.25, 0.3) is 0 Å². The van der Waals surface area contributed by atoms with Gasteiger partial charge >= 0.3 is 5.97 Å². The topological polar surface area (TPSA) is 91.8 Å². The summed E-state index contributed by atoms with van der Waals surface area (Å²) < 4.78 is 5.70. The fraction of sp³-hybridized carbons (Fsp3) is 0.588. The number of amides is 1. The molecule has 7 nitrogen and oxygen atoms in total.